The molecule has 1 heterocycles. The predicted octanol–water partition coefficient (Wildman–Crippen LogP) is 3.38. The quantitative estimate of drug-likeness (QED) is 0.722. The van der Waals surface area contributed by atoms with Gasteiger partial charge in [0.25, 0.3) is 0 Å². The van der Waals surface area contributed by atoms with Crippen LogP contribution in [0, 0.1) is 0 Å². The number of benzene rings is 2. The summed E-state index contributed by atoms with van der Waals surface area (Å²) in [5.74, 6) is 0.826. The van der Waals surface area contributed by atoms with Crippen LogP contribution in [-0.2, 0) is 0 Å². The number of nitrogens with one attached hydrogen (secondary N) is 1. The van der Waals surface area contributed by atoms with Crippen molar-refractivity contribution in [1.29, 1.82) is 0 Å². The minimum absolute atomic E-state index is 0.737. The van der Waals surface area contributed by atoms with E-state index in [0.717, 1.165) is 28.1 Å². The monoisotopic (exact) mass is 278 g/mol. The third kappa shape index (κ3) is 2.89. The van der Waals surface area contributed by atoms with Crippen molar-refractivity contribution in [3.05, 3.63) is 53.9 Å². The molecule has 2 aromatic carbocycles. The standard InChI is InChI=1S/C17H18N4/c1-21(2)14-7-3-12(4-8-14)5-10-17-19-15-9-6-13(18)11-16(15)20-17/h3-11H,18H2,1-2H3,(H,19,20). The molecule has 0 fully saturated rings. The van der Waals surface area contributed by atoms with Gasteiger partial charge in [-0.3, -0.25) is 0 Å². The lowest BCUT2D eigenvalue weighted by Gasteiger charge is -2.11. The molecule has 0 saturated heterocycles. The highest BCUT2D eigenvalue weighted by Gasteiger charge is 2.00. The highest BCUT2D eigenvalue weighted by atomic mass is 15.1. The van der Waals surface area contributed by atoms with Crippen molar-refractivity contribution in [2.45, 2.75) is 0 Å². The van der Waals surface area contributed by atoms with Crippen molar-refractivity contribution in [3.63, 3.8) is 0 Å². The van der Waals surface area contributed by atoms with Crippen molar-refractivity contribution in [1.82, 2.24) is 9.97 Å². The lowest BCUT2D eigenvalue weighted by molar-refractivity contribution is 1.13. The van der Waals surface area contributed by atoms with Crippen molar-refractivity contribution >= 4 is 34.6 Å². The number of nitrogens with two attached hydrogens (primary N) is 1. The van der Waals surface area contributed by atoms with E-state index in [2.05, 4.69) is 39.1 Å². The van der Waals surface area contributed by atoms with Crippen LogP contribution in [0.5, 0.6) is 0 Å². The van der Waals surface area contributed by atoms with Gasteiger partial charge in [-0.1, -0.05) is 18.2 Å². The van der Waals surface area contributed by atoms with Crippen LogP contribution < -0.4 is 10.6 Å². The van der Waals surface area contributed by atoms with Gasteiger partial charge in [-0.25, -0.2) is 4.98 Å². The zero-order valence-electron chi connectivity index (χ0n) is 12.2. The van der Waals surface area contributed by atoms with Crippen molar-refractivity contribution in [3.8, 4) is 0 Å². The Morgan fingerprint density at radius 3 is 2.52 bits per heavy atom. The Morgan fingerprint density at radius 1 is 1.05 bits per heavy atom. The maximum absolute atomic E-state index is 5.77. The Kier molecular flexibility index (Phi) is 3.36. The second-order valence-electron chi connectivity index (χ2n) is 5.22. The van der Waals surface area contributed by atoms with E-state index in [-0.39, 0.29) is 0 Å². The maximum Gasteiger partial charge on any atom is 0.131 e. The second-order valence-corrected chi connectivity index (χ2v) is 5.22. The van der Waals surface area contributed by atoms with Crippen LogP contribution in [0.2, 0.25) is 0 Å². The zero-order valence-corrected chi connectivity index (χ0v) is 12.2. The number of aromatic amines is 1. The third-order valence-electron chi connectivity index (χ3n) is 3.37. The van der Waals surface area contributed by atoms with Crippen LogP contribution in [0.4, 0.5) is 11.4 Å². The Hall–Kier alpha value is -2.75. The molecule has 1 aromatic heterocycles. The largest absolute Gasteiger partial charge is 0.399 e. The summed E-state index contributed by atoms with van der Waals surface area (Å²) in [5.41, 5.74) is 10.7. The van der Waals surface area contributed by atoms with Gasteiger partial charge in [0, 0.05) is 25.5 Å². The molecule has 0 aliphatic rings. The lowest BCUT2D eigenvalue weighted by Crippen LogP contribution is -2.07. The summed E-state index contributed by atoms with van der Waals surface area (Å²) in [7, 11) is 4.07. The van der Waals surface area contributed by atoms with Crippen LogP contribution in [-0.4, -0.2) is 24.1 Å². The minimum atomic E-state index is 0.737. The molecule has 0 atom stereocenters. The molecular formula is C17H18N4. The summed E-state index contributed by atoms with van der Waals surface area (Å²) in [6, 6.07) is 14.0. The number of hydrogen-bond acceptors (Lipinski definition) is 3. The smallest absolute Gasteiger partial charge is 0.131 e. The van der Waals surface area contributed by atoms with Gasteiger partial charge in [0.2, 0.25) is 0 Å². The maximum atomic E-state index is 5.77. The number of nitrogens with zero attached hydrogens (tertiary/aromatic N) is 2. The Bertz CT molecular complexity index is 782. The normalized spacial score (nSPS) is 11.3. The lowest BCUT2D eigenvalue weighted by atomic mass is 10.2. The van der Waals surface area contributed by atoms with Crippen LogP contribution in [0.3, 0.4) is 0 Å². The van der Waals surface area contributed by atoms with E-state index in [4.69, 9.17) is 5.73 Å². The SMILES string of the molecule is CN(C)c1ccc(C=Cc2nc3ccc(N)cc3[nH]2)cc1. The van der Waals surface area contributed by atoms with Crippen LogP contribution in [0.25, 0.3) is 23.2 Å². The van der Waals surface area contributed by atoms with Crippen LogP contribution in [0.15, 0.2) is 42.5 Å². The van der Waals surface area contributed by atoms with Gasteiger partial charge in [0.05, 0.1) is 11.0 Å². The number of fused-ring (bicyclic) bond motifs is 1. The van der Waals surface area contributed by atoms with Gasteiger partial charge < -0.3 is 15.6 Å². The highest BCUT2D eigenvalue weighted by Crippen LogP contribution is 2.17. The van der Waals surface area contributed by atoms with E-state index < -0.39 is 0 Å². The van der Waals surface area contributed by atoms with E-state index in [1.54, 1.807) is 0 Å². The Morgan fingerprint density at radius 2 is 1.81 bits per heavy atom. The number of anilines is 2. The molecule has 3 N–H and O–H groups in total. The first-order valence-electron chi connectivity index (χ1n) is 6.82. The molecule has 0 unspecified atom stereocenters. The molecule has 4 nitrogen and oxygen atoms in total. The first kappa shape index (κ1) is 13.2. The van der Waals surface area contributed by atoms with E-state index in [0.29, 0.717) is 0 Å². The fourth-order valence-corrected chi connectivity index (χ4v) is 2.18. The molecule has 21 heavy (non-hydrogen) atoms. The Balaban J connectivity index is 1.83. The van der Waals surface area contributed by atoms with Crippen molar-refractivity contribution < 1.29 is 0 Å². The van der Waals surface area contributed by atoms with Crippen LogP contribution in [0.1, 0.15) is 11.4 Å². The molecule has 0 bridgehead atoms. The number of nitrogen functional groups attached to an aromatic ring is 1. The number of rotatable bonds is 3. The first-order valence-corrected chi connectivity index (χ1v) is 6.82. The van der Waals surface area contributed by atoms with Gasteiger partial charge >= 0.3 is 0 Å². The van der Waals surface area contributed by atoms with Crippen molar-refractivity contribution in [2.75, 3.05) is 24.7 Å². The number of H-pyrrole nitrogens is 1. The van der Waals surface area contributed by atoms with Gasteiger partial charge in [-0.05, 0) is 42.0 Å². The van der Waals surface area contributed by atoms with Gasteiger partial charge in [-0.15, -0.1) is 0 Å². The highest BCUT2D eigenvalue weighted by molar-refractivity contribution is 5.81. The summed E-state index contributed by atoms with van der Waals surface area (Å²) in [5, 5.41) is 0. The Labute approximate surface area is 123 Å². The average Bonchev–Trinajstić information content (AvgIpc) is 2.87. The summed E-state index contributed by atoms with van der Waals surface area (Å²) >= 11 is 0. The number of imidazole rings is 1. The molecule has 0 aliphatic carbocycles. The molecule has 3 aromatic rings. The second kappa shape index (κ2) is 5.32. The molecular weight excluding hydrogens is 260 g/mol. The summed E-state index contributed by atoms with van der Waals surface area (Å²) < 4.78 is 0. The molecule has 0 amide bonds. The number of aromatic nitrogens is 2. The minimum Gasteiger partial charge on any atom is -0.399 e. The molecule has 0 aliphatic heterocycles. The number of hydrogen-bond donors (Lipinski definition) is 2. The topological polar surface area (TPSA) is 57.9 Å². The van der Waals surface area contributed by atoms with E-state index >= 15 is 0 Å². The summed E-state index contributed by atoms with van der Waals surface area (Å²) in [6.45, 7) is 0. The van der Waals surface area contributed by atoms with E-state index in [9.17, 15) is 0 Å². The van der Waals surface area contributed by atoms with Gasteiger partial charge in [0.15, 0.2) is 0 Å². The molecule has 3 rings (SSSR count). The van der Waals surface area contributed by atoms with Crippen LogP contribution >= 0.6 is 0 Å². The van der Waals surface area contributed by atoms with E-state index in [1.807, 2.05) is 44.4 Å². The van der Waals surface area contributed by atoms with Gasteiger partial charge in [-0.2, -0.15) is 0 Å². The fourth-order valence-electron chi connectivity index (χ4n) is 2.18. The molecule has 0 radical (unpaired) electrons. The fraction of sp³-hybridized carbons (Fsp3) is 0.118. The molecule has 0 spiro atoms. The summed E-state index contributed by atoms with van der Waals surface area (Å²) in [4.78, 5) is 9.84. The third-order valence-corrected chi connectivity index (χ3v) is 3.37. The zero-order chi connectivity index (χ0) is 14.8. The van der Waals surface area contributed by atoms with Gasteiger partial charge in [0.1, 0.15) is 5.82 Å². The van der Waals surface area contributed by atoms with Crippen molar-refractivity contribution in [2.24, 2.45) is 0 Å². The first-order chi connectivity index (χ1) is 10.1. The predicted molar refractivity (Wildman–Crippen MR) is 90.2 cm³/mol. The summed E-state index contributed by atoms with van der Waals surface area (Å²) in [6.07, 6.45) is 4.02. The molecule has 4 heteroatoms. The van der Waals surface area contributed by atoms with E-state index in [1.165, 1.54) is 5.69 Å². The molecule has 0 saturated carbocycles. The average molecular weight is 278 g/mol. The molecule has 106 valence electrons.